The smallest absolute Gasteiger partial charge is 0.243 e. The molecule has 0 atom stereocenters. The summed E-state index contributed by atoms with van der Waals surface area (Å²) in [4.78, 5) is -0.479. The van der Waals surface area contributed by atoms with Gasteiger partial charge < -0.3 is 15.6 Å². The average molecular weight is 292 g/mol. The van der Waals surface area contributed by atoms with E-state index < -0.39 is 20.7 Å². The van der Waals surface area contributed by atoms with E-state index in [1.54, 1.807) is 0 Å². The number of halogens is 1. The molecule has 0 bridgehead atoms. The normalized spacial score (nSPS) is 11.7. The minimum Gasteiger partial charge on any atom is -0.399 e. The maximum absolute atomic E-state index is 13.8. The number of nitrogen functional groups attached to an aromatic ring is 1. The molecule has 6 nitrogen and oxygen atoms in total. The molecule has 0 radical (unpaired) electrons. The molecule has 0 aromatic heterocycles. The van der Waals surface area contributed by atoms with Crippen molar-refractivity contribution in [3.63, 3.8) is 0 Å². The summed E-state index contributed by atoms with van der Waals surface area (Å²) in [7, 11) is -3.97. The van der Waals surface area contributed by atoms with Crippen molar-refractivity contribution in [2.75, 3.05) is 32.1 Å². The van der Waals surface area contributed by atoms with Crippen LogP contribution >= 0.6 is 0 Å². The number of aliphatic hydroxyl groups excluding tert-OH is 1. The number of hydrogen-bond donors (Lipinski definition) is 3. The molecule has 0 spiro atoms. The third-order valence-corrected chi connectivity index (χ3v) is 3.77. The third kappa shape index (κ3) is 4.43. The molecule has 0 amide bonds. The first-order chi connectivity index (χ1) is 8.88. The van der Waals surface area contributed by atoms with E-state index in [0.29, 0.717) is 0 Å². The van der Waals surface area contributed by atoms with Gasteiger partial charge in [-0.05, 0) is 24.6 Å². The molecule has 1 aromatic rings. The quantitative estimate of drug-likeness (QED) is 0.485. The Bertz CT molecular complexity index is 534. The molecule has 1 aromatic carbocycles. The number of benzene rings is 1. The van der Waals surface area contributed by atoms with Crippen molar-refractivity contribution >= 4 is 15.7 Å². The van der Waals surface area contributed by atoms with Crippen LogP contribution < -0.4 is 10.5 Å². The summed E-state index contributed by atoms with van der Waals surface area (Å²) in [6.45, 7) is 1.48. The summed E-state index contributed by atoms with van der Waals surface area (Å²) in [5.74, 6) is -0.821. The number of sulfonamides is 1. The Morgan fingerprint density at radius 1 is 1.42 bits per heavy atom. The highest BCUT2D eigenvalue weighted by molar-refractivity contribution is 7.89. The highest BCUT2D eigenvalue weighted by Gasteiger charge is 2.20. The lowest BCUT2D eigenvalue weighted by Gasteiger charge is -2.10. The van der Waals surface area contributed by atoms with Crippen molar-refractivity contribution in [3.8, 4) is 0 Å². The van der Waals surface area contributed by atoms with E-state index in [9.17, 15) is 12.8 Å². The zero-order valence-corrected chi connectivity index (χ0v) is 11.3. The third-order valence-electron chi connectivity index (χ3n) is 2.31. The molecule has 0 heterocycles. The van der Waals surface area contributed by atoms with Crippen molar-refractivity contribution in [1.82, 2.24) is 4.72 Å². The maximum atomic E-state index is 13.8. The maximum Gasteiger partial charge on any atom is 0.243 e. The lowest BCUT2D eigenvalue weighted by molar-refractivity contribution is 0.0961. The second-order valence-electron chi connectivity index (χ2n) is 3.88. The van der Waals surface area contributed by atoms with Crippen molar-refractivity contribution in [2.24, 2.45) is 0 Å². The van der Waals surface area contributed by atoms with Gasteiger partial charge in [0.25, 0.3) is 0 Å². The molecule has 4 N–H and O–H groups in total. The monoisotopic (exact) mass is 292 g/mol. The number of rotatable bonds is 7. The minimum atomic E-state index is -3.97. The van der Waals surface area contributed by atoms with Crippen molar-refractivity contribution in [1.29, 1.82) is 0 Å². The van der Waals surface area contributed by atoms with Crippen LogP contribution in [0.25, 0.3) is 0 Å². The van der Waals surface area contributed by atoms with Crippen LogP contribution in [0, 0.1) is 12.7 Å². The van der Waals surface area contributed by atoms with E-state index in [1.807, 2.05) is 0 Å². The summed E-state index contributed by atoms with van der Waals surface area (Å²) in [5.41, 5.74) is 5.85. The first kappa shape index (κ1) is 15.8. The number of anilines is 1. The Balaban J connectivity index is 2.78. The van der Waals surface area contributed by atoms with Gasteiger partial charge in [-0.3, -0.25) is 0 Å². The summed E-state index contributed by atoms with van der Waals surface area (Å²) in [6.07, 6.45) is 0. The largest absolute Gasteiger partial charge is 0.399 e. The summed E-state index contributed by atoms with van der Waals surface area (Å²) in [6, 6.07) is 2.43. The SMILES string of the molecule is Cc1cc(N)cc(S(=O)(=O)NCCOCCO)c1F. The van der Waals surface area contributed by atoms with Crippen LogP contribution in [-0.2, 0) is 14.8 Å². The number of ether oxygens (including phenoxy) is 1. The van der Waals surface area contributed by atoms with E-state index in [0.717, 1.165) is 6.07 Å². The lowest BCUT2D eigenvalue weighted by atomic mass is 10.2. The molecule has 0 aliphatic heterocycles. The van der Waals surface area contributed by atoms with Crippen LogP contribution in [0.4, 0.5) is 10.1 Å². The minimum absolute atomic E-state index is 0.0182. The highest BCUT2D eigenvalue weighted by atomic mass is 32.2. The lowest BCUT2D eigenvalue weighted by Crippen LogP contribution is -2.28. The Morgan fingerprint density at radius 2 is 2.11 bits per heavy atom. The molecular weight excluding hydrogens is 275 g/mol. The molecule has 0 fully saturated rings. The van der Waals surface area contributed by atoms with Gasteiger partial charge in [-0.1, -0.05) is 0 Å². The molecular formula is C11H17FN2O4S. The Hall–Kier alpha value is -1.22. The second-order valence-corrected chi connectivity index (χ2v) is 5.62. The van der Waals surface area contributed by atoms with E-state index in [4.69, 9.17) is 15.6 Å². The van der Waals surface area contributed by atoms with Crippen molar-refractivity contribution < 1.29 is 22.7 Å². The first-order valence-corrected chi connectivity index (χ1v) is 7.10. The van der Waals surface area contributed by atoms with Gasteiger partial charge in [0.05, 0.1) is 19.8 Å². The van der Waals surface area contributed by atoms with Crippen LogP contribution in [0.3, 0.4) is 0 Å². The fraction of sp³-hybridized carbons (Fsp3) is 0.455. The Labute approximate surface area is 111 Å². The predicted molar refractivity (Wildman–Crippen MR) is 68.6 cm³/mol. The fourth-order valence-electron chi connectivity index (χ4n) is 1.45. The topological polar surface area (TPSA) is 102 Å². The molecule has 108 valence electrons. The molecule has 0 saturated heterocycles. The van der Waals surface area contributed by atoms with Gasteiger partial charge in [-0.2, -0.15) is 0 Å². The standard InChI is InChI=1S/C11H17FN2O4S/c1-8-6-9(13)7-10(11(8)12)19(16,17)14-2-4-18-5-3-15/h6-7,14-15H,2-5,13H2,1H3. The van der Waals surface area contributed by atoms with Gasteiger partial charge in [-0.15, -0.1) is 0 Å². The van der Waals surface area contributed by atoms with Gasteiger partial charge in [0, 0.05) is 12.2 Å². The Kier molecular flexibility index (Phi) is 5.67. The number of nitrogens with one attached hydrogen (secondary N) is 1. The molecule has 0 aliphatic rings. The number of hydrogen-bond acceptors (Lipinski definition) is 5. The van der Waals surface area contributed by atoms with E-state index in [1.165, 1.54) is 13.0 Å². The van der Waals surface area contributed by atoms with Gasteiger partial charge >= 0.3 is 0 Å². The molecule has 0 aliphatic carbocycles. The second kappa shape index (κ2) is 6.80. The van der Waals surface area contributed by atoms with Gasteiger partial charge in [0.15, 0.2) is 0 Å². The molecule has 19 heavy (non-hydrogen) atoms. The number of nitrogens with two attached hydrogens (primary N) is 1. The molecule has 1 rings (SSSR count). The molecule has 8 heteroatoms. The van der Waals surface area contributed by atoms with Crippen LogP contribution in [-0.4, -0.2) is 39.9 Å². The first-order valence-electron chi connectivity index (χ1n) is 5.62. The van der Waals surface area contributed by atoms with E-state index in [2.05, 4.69) is 4.72 Å². The summed E-state index contributed by atoms with van der Waals surface area (Å²) in [5, 5.41) is 8.47. The molecule has 0 unspecified atom stereocenters. The van der Waals surface area contributed by atoms with Crippen molar-refractivity contribution in [3.05, 3.63) is 23.5 Å². The number of aliphatic hydroxyl groups is 1. The summed E-state index contributed by atoms with van der Waals surface area (Å²) >= 11 is 0. The van der Waals surface area contributed by atoms with Crippen LogP contribution in [0.1, 0.15) is 5.56 Å². The average Bonchev–Trinajstić information content (AvgIpc) is 2.33. The number of aryl methyl sites for hydroxylation is 1. The van der Waals surface area contributed by atoms with Crippen LogP contribution in [0.15, 0.2) is 17.0 Å². The van der Waals surface area contributed by atoms with Crippen LogP contribution in [0.5, 0.6) is 0 Å². The predicted octanol–water partition coefficient (Wildman–Crippen LogP) is 0.00352. The zero-order valence-electron chi connectivity index (χ0n) is 10.5. The van der Waals surface area contributed by atoms with Gasteiger partial charge in [0.2, 0.25) is 10.0 Å². The van der Waals surface area contributed by atoms with Gasteiger partial charge in [0.1, 0.15) is 10.7 Å². The van der Waals surface area contributed by atoms with Gasteiger partial charge in [-0.25, -0.2) is 17.5 Å². The fourth-order valence-corrected chi connectivity index (χ4v) is 2.65. The molecule has 0 saturated carbocycles. The Morgan fingerprint density at radius 3 is 2.74 bits per heavy atom. The highest BCUT2D eigenvalue weighted by Crippen LogP contribution is 2.21. The zero-order chi connectivity index (χ0) is 14.5. The van der Waals surface area contributed by atoms with Crippen molar-refractivity contribution in [2.45, 2.75) is 11.8 Å². The van der Waals surface area contributed by atoms with E-state index in [-0.39, 0.29) is 37.6 Å². The van der Waals surface area contributed by atoms with E-state index >= 15 is 0 Å². The van der Waals surface area contributed by atoms with Crippen LogP contribution in [0.2, 0.25) is 0 Å². The summed E-state index contributed by atoms with van der Waals surface area (Å²) < 4.78 is 44.6.